The molecule has 8 heteroatoms. The van der Waals surface area contributed by atoms with Gasteiger partial charge >= 0.3 is 11.4 Å². The summed E-state index contributed by atoms with van der Waals surface area (Å²) in [6, 6.07) is 13.9. The van der Waals surface area contributed by atoms with Crippen LogP contribution < -0.4 is 17.1 Å². The van der Waals surface area contributed by atoms with Gasteiger partial charge in [-0.2, -0.15) is 4.98 Å². The number of carbonyl (C=O) groups excluding carboxylic acids is 1. The normalized spacial score (nSPS) is 15.1. The zero-order chi connectivity index (χ0) is 20.8. The predicted octanol–water partition coefficient (Wildman–Crippen LogP) is 2.40. The molecule has 0 unspecified atom stereocenters. The Morgan fingerprint density at radius 2 is 1.70 bits per heavy atom. The first-order valence-electron chi connectivity index (χ1n) is 10.1. The Hall–Kier alpha value is -3.68. The van der Waals surface area contributed by atoms with Gasteiger partial charge < -0.3 is 10.3 Å². The third-order valence-corrected chi connectivity index (χ3v) is 5.90. The molecule has 2 heterocycles. The molecule has 2 N–H and O–H groups in total. The maximum atomic E-state index is 13.5. The van der Waals surface area contributed by atoms with Crippen LogP contribution in [-0.4, -0.2) is 24.4 Å². The fourth-order valence-electron chi connectivity index (χ4n) is 4.49. The molecule has 1 aliphatic carbocycles. The molecule has 0 atom stereocenters. The summed E-state index contributed by atoms with van der Waals surface area (Å²) >= 11 is 0. The fraction of sp³-hybridized carbons (Fsp3) is 0.273. The van der Waals surface area contributed by atoms with Gasteiger partial charge in [-0.05, 0) is 43.2 Å². The number of rotatable bonds is 3. The molecule has 0 radical (unpaired) electrons. The summed E-state index contributed by atoms with van der Waals surface area (Å²) in [5, 5.41) is 0. The molecule has 2 aromatic heterocycles. The van der Waals surface area contributed by atoms with Gasteiger partial charge in [0.2, 0.25) is 11.7 Å². The molecule has 5 rings (SSSR count). The fourth-order valence-corrected chi connectivity index (χ4v) is 4.49. The number of amides is 1. The quantitative estimate of drug-likeness (QED) is 0.567. The molecule has 0 saturated heterocycles. The van der Waals surface area contributed by atoms with Gasteiger partial charge in [0.25, 0.3) is 0 Å². The maximum absolute atomic E-state index is 13.5. The Morgan fingerprint density at radius 3 is 2.40 bits per heavy atom. The number of carbonyl (C=O) groups is 1. The molecule has 30 heavy (non-hydrogen) atoms. The lowest BCUT2D eigenvalue weighted by molar-refractivity contribution is 0.100. The lowest BCUT2D eigenvalue weighted by atomic mass is 9.95. The molecule has 1 amide bonds. The van der Waals surface area contributed by atoms with E-state index in [2.05, 4.69) is 4.98 Å². The minimum absolute atomic E-state index is 0.143. The average molecular weight is 403 g/mol. The summed E-state index contributed by atoms with van der Waals surface area (Å²) in [4.78, 5) is 42.5. The molecule has 1 saturated carbocycles. The monoisotopic (exact) mass is 403 g/mol. The summed E-state index contributed by atoms with van der Waals surface area (Å²) in [5.74, 6) is -0.270. The maximum Gasteiger partial charge on any atom is 0.359 e. The summed E-state index contributed by atoms with van der Waals surface area (Å²) in [5.41, 5.74) is 6.37. The smallest absolute Gasteiger partial charge is 0.359 e. The Kier molecular flexibility index (Phi) is 4.27. The zero-order valence-corrected chi connectivity index (χ0v) is 16.3. The second kappa shape index (κ2) is 6.98. The highest BCUT2D eigenvalue weighted by Crippen LogP contribution is 2.33. The van der Waals surface area contributed by atoms with E-state index in [1.807, 2.05) is 10.6 Å². The highest BCUT2D eigenvalue weighted by molar-refractivity contribution is 5.97. The number of nitrogens with two attached hydrogens (primary N) is 1. The highest BCUT2D eigenvalue weighted by Gasteiger charge is 2.24. The van der Waals surface area contributed by atoms with Crippen molar-refractivity contribution < 1.29 is 4.79 Å². The van der Waals surface area contributed by atoms with Gasteiger partial charge in [-0.1, -0.05) is 37.5 Å². The number of nitrogens with zero attached hydrogens (tertiary/aromatic N) is 4. The number of primary amides is 1. The molecule has 2 aromatic carbocycles. The van der Waals surface area contributed by atoms with Gasteiger partial charge in [-0.25, -0.2) is 18.6 Å². The number of imidazole rings is 1. The van der Waals surface area contributed by atoms with E-state index in [-0.39, 0.29) is 6.04 Å². The number of aromatic nitrogens is 4. The standard InChI is InChI=1S/C22H21N5O3/c23-19(28)14-11-12-17-18(13-14)27-20(25(17)15-7-3-1-4-8-15)24-21(29)26(22(27)30)16-9-5-2-6-10-16/h2,5-6,9-13,15H,1,3-4,7-8H2,(H2,23,28). The van der Waals surface area contributed by atoms with Crippen molar-refractivity contribution in [2.24, 2.45) is 5.73 Å². The first-order valence-corrected chi connectivity index (χ1v) is 10.1. The molecule has 0 bridgehead atoms. The molecule has 1 fully saturated rings. The van der Waals surface area contributed by atoms with Crippen LogP contribution in [0.2, 0.25) is 0 Å². The lowest BCUT2D eigenvalue weighted by Crippen LogP contribution is -2.38. The third-order valence-electron chi connectivity index (χ3n) is 5.90. The Bertz CT molecular complexity index is 1390. The van der Waals surface area contributed by atoms with Crippen LogP contribution in [-0.2, 0) is 0 Å². The molecular weight excluding hydrogens is 382 g/mol. The van der Waals surface area contributed by atoms with E-state index >= 15 is 0 Å². The Balaban J connectivity index is 1.91. The molecule has 152 valence electrons. The van der Waals surface area contributed by atoms with Crippen molar-refractivity contribution in [1.82, 2.24) is 18.5 Å². The molecule has 0 aliphatic heterocycles. The largest absolute Gasteiger partial charge is 0.366 e. The van der Waals surface area contributed by atoms with Crippen LogP contribution in [0, 0.1) is 0 Å². The van der Waals surface area contributed by atoms with Gasteiger partial charge in [-0.15, -0.1) is 0 Å². The topological polar surface area (TPSA) is 104 Å². The van der Waals surface area contributed by atoms with Crippen LogP contribution in [0.5, 0.6) is 0 Å². The van der Waals surface area contributed by atoms with Crippen LogP contribution in [0.3, 0.4) is 0 Å². The molecule has 1 aliphatic rings. The van der Waals surface area contributed by atoms with E-state index < -0.39 is 17.3 Å². The molecular formula is C22H21N5O3. The highest BCUT2D eigenvalue weighted by atomic mass is 16.2. The number of benzene rings is 2. The minimum Gasteiger partial charge on any atom is -0.366 e. The van der Waals surface area contributed by atoms with Crippen LogP contribution in [0.1, 0.15) is 48.5 Å². The molecule has 4 aromatic rings. The van der Waals surface area contributed by atoms with Crippen molar-refractivity contribution in [3.05, 3.63) is 75.1 Å². The molecule has 8 nitrogen and oxygen atoms in total. The van der Waals surface area contributed by atoms with E-state index in [4.69, 9.17) is 5.73 Å². The first-order chi connectivity index (χ1) is 14.6. The summed E-state index contributed by atoms with van der Waals surface area (Å²) < 4.78 is 4.46. The minimum atomic E-state index is -0.624. The lowest BCUT2D eigenvalue weighted by Gasteiger charge is -2.24. The van der Waals surface area contributed by atoms with Gasteiger partial charge in [0.1, 0.15) is 0 Å². The summed E-state index contributed by atoms with van der Waals surface area (Å²) in [6.07, 6.45) is 5.25. The number of hydrogen-bond acceptors (Lipinski definition) is 4. The van der Waals surface area contributed by atoms with Gasteiger partial charge in [0, 0.05) is 11.6 Å². The van der Waals surface area contributed by atoms with Crippen LogP contribution in [0.25, 0.3) is 22.5 Å². The second-order valence-corrected chi connectivity index (χ2v) is 7.71. The number of hydrogen-bond donors (Lipinski definition) is 1. The summed E-state index contributed by atoms with van der Waals surface area (Å²) in [6.45, 7) is 0. The van der Waals surface area contributed by atoms with Gasteiger partial charge in [0.15, 0.2) is 0 Å². The summed E-state index contributed by atoms with van der Waals surface area (Å²) in [7, 11) is 0. The van der Waals surface area contributed by atoms with E-state index in [1.165, 1.54) is 10.8 Å². The Morgan fingerprint density at radius 1 is 0.967 bits per heavy atom. The van der Waals surface area contributed by atoms with E-state index in [0.29, 0.717) is 22.5 Å². The SMILES string of the molecule is NC(=O)c1ccc2c(c1)n1c(=O)n(-c3ccccc3)c(=O)nc1n2C1CCCCC1. The second-order valence-electron chi connectivity index (χ2n) is 7.71. The zero-order valence-electron chi connectivity index (χ0n) is 16.3. The average Bonchev–Trinajstić information content (AvgIpc) is 3.08. The van der Waals surface area contributed by atoms with Gasteiger partial charge in [-0.3, -0.25) is 4.79 Å². The van der Waals surface area contributed by atoms with Gasteiger partial charge in [0.05, 0.1) is 16.7 Å². The van der Waals surface area contributed by atoms with Crippen molar-refractivity contribution in [2.75, 3.05) is 0 Å². The van der Waals surface area contributed by atoms with Crippen molar-refractivity contribution >= 4 is 22.7 Å². The van der Waals surface area contributed by atoms with Crippen molar-refractivity contribution in [3.63, 3.8) is 0 Å². The van der Waals surface area contributed by atoms with Crippen molar-refractivity contribution in [3.8, 4) is 5.69 Å². The van der Waals surface area contributed by atoms with Crippen molar-refractivity contribution in [1.29, 1.82) is 0 Å². The van der Waals surface area contributed by atoms with Crippen LogP contribution >= 0.6 is 0 Å². The predicted molar refractivity (Wildman–Crippen MR) is 113 cm³/mol. The van der Waals surface area contributed by atoms with Crippen LogP contribution in [0.4, 0.5) is 0 Å². The van der Waals surface area contributed by atoms with E-state index in [0.717, 1.165) is 35.8 Å². The Labute approximate surface area is 171 Å². The first kappa shape index (κ1) is 18.4. The van der Waals surface area contributed by atoms with E-state index in [1.54, 1.807) is 42.5 Å². The number of para-hydroxylation sites is 1. The van der Waals surface area contributed by atoms with Crippen molar-refractivity contribution in [2.45, 2.75) is 38.1 Å². The van der Waals surface area contributed by atoms with Crippen LogP contribution in [0.15, 0.2) is 58.1 Å². The number of fused-ring (bicyclic) bond motifs is 3. The third kappa shape index (κ3) is 2.75. The van der Waals surface area contributed by atoms with E-state index in [9.17, 15) is 14.4 Å². The molecule has 0 spiro atoms.